The van der Waals surface area contributed by atoms with E-state index in [1.807, 2.05) is 0 Å². The standard InChI is InChI=1S/C16H27NO3S/c1-4-6-12-17(13-7-5-2)21(19,20)16-10-8-15(9-11-16)14(3)18/h8-11,14,18H,4-7,12-13H2,1-3H3. The zero-order valence-corrected chi connectivity index (χ0v) is 14.1. The van der Waals surface area contributed by atoms with Gasteiger partial charge in [-0.25, -0.2) is 8.42 Å². The van der Waals surface area contributed by atoms with Crippen molar-refractivity contribution in [1.82, 2.24) is 4.31 Å². The second-order valence-electron chi connectivity index (χ2n) is 5.36. The van der Waals surface area contributed by atoms with Crippen molar-refractivity contribution in [3.63, 3.8) is 0 Å². The molecule has 4 nitrogen and oxygen atoms in total. The van der Waals surface area contributed by atoms with Crippen LogP contribution in [0.3, 0.4) is 0 Å². The summed E-state index contributed by atoms with van der Waals surface area (Å²) in [4.78, 5) is 0.305. The molecule has 0 spiro atoms. The summed E-state index contributed by atoms with van der Waals surface area (Å²) < 4.78 is 27.0. The lowest BCUT2D eigenvalue weighted by atomic mass is 10.1. The van der Waals surface area contributed by atoms with Gasteiger partial charge in [0.15, 0.2) is 0 Å². The number of unbranched alkanes of at least 4 members (excludes halogenated alkanes) is 2. The van der Waals surface area contributed by atoms with Crippen LogP contribution in [0.1, 0.15) is 58.1 Å². The van der Waals surface area contributed by atoms with Gasteiger partial charge in [0.05, 0.1) is 11.0 Å². The molecule has 1 unspecified atom stereocenters. The van der Waals surface area contributed by atoms with Gasteiger partial charge in [-0.2, -0.15) is 4.31 Å². The minimum Gasteiger partial charge on any atom is -0.389 e. The second kappa shape index (κ2) is 8.51. The van der Waals surface area contributed by atoms with Crippen LogP contribution >= 0.6 is 0 Å². The molecule has 0 aliphatic carbocycles. The predicted molar refractivity (Wildman–Crippen MR) is 85.7 cm³/mol. The molecule has 0 radical (unpaired) electrons. The predicted octanol–water partition coefficient (Wildman–Crippen LogP) is 3.33. The highest BCUT2D eigenvalue weighted by Gasteiger charge is 2.23. The van der Waals surface area contributed by atoms with Crippen LogP contribution in [0.2, 0.25) is 0 Å². The van der Waals surface area contributed by atoms with Crippen molar-refractivity contribution in [1.29, 1.82) is 0 Å². The fraction of sp³-hybridized carbons (Fsp3) is 0.625. The van der Waals surface area contributed by atoms with Gasteiger partial charge in [-0.3, -0.25) is 0 Å². The molecule has 5 heteroatoms. The second-order valence-corrected chi connectivity index (χ2v) is 7.29. The van der Waals surface area contributed by atoms with Crippen LogP contribution in [0.5, 0.6) is 0 Å². The van der Waals surface area contributed by atoms with Crippen LogP contribution in [-0.2, 0) is 10.0 Å². The summed E-state index contributed by atoms with van der Waals surface area (Å²) >= 11 is 0. The zero-order valence-electron chi connectivity index (χ0n) is 13.2. The molecule has 1 aromatic rings. The largest absolute Gasteiger partial charge is 0.389 e. The van der Waals surface area contributed by atoms with Gasteiger partial charge in [0, 0.05) is 13.1 Å². The van der Waals surface area contributed by atoms with Gasteiger partial charge in [-0.05, 0) is 37.5 Å². The van der Waals surface area contributed by atoms with Crippen LogP contribution in [0.4, 0.5) is 0 Å². The number of aliphatic hydroxyl groups is 1. The molecular weight excluding hydrogens is 286 g/mol. The molecule has 0 saturated carbocycles. The molecule has 120 valence electrons. The summed E-state index contributed by atoms with van der Waals surface area (Å²) in [6.45, 7) is 6.91. The summed E-state index contributed by atoms with van der Waals surface area (Å²) in [5.74, 6) is 0. The number of rotatable bonds is 9. The van der Waals surface area contributed by atoms with Gasteiger partial charge in [-0.1, -0.05) is 38.8 Å². The normalized spacial score (nSPS) is 13.6. The van der Waals surface area contributed by atoms with Gasteiger partial charge >= 0.3 is 0 Å². The molecule has 1 rings (SSSR count). The van der Waals surface area contributed by atoms with E-state index in [4.69, 9.17) is 0 Å². The summed E-state index contributed by atoms with van der Waals surface area (Å²) in [7, 11) is -3.44. The molecule has 0 aliphatic heterocycles. The van der Waals surface area contributed by atoms with E-state index in [0.29, 0.717) is 18.0 Å². The molecule has 0 heterocycles. The third kappa shape index (κ3) is 5.09. The summed E-state index contributed by atoms with van der Waals surface area (Å²) in [6, 6.07) is 6.52. The Bertz CT molecular complexity index is 501. The van der Waals surface area contributed by atoms with E-state index in [9.17, 15) is 13.5 Å². The van der Waals surface area contributed by atoms with Crippen LogP contribution in [0, 0.1) is 0 Å². The summed E-state index contributed by atoms with van der Waals surface area (Å²) in [5, 5.41) is 9.50. The van der Waals surface area contributed by atoms with E-state index in [-0.39, 0.29) is 0 Å². The number of sulfonamides is 1. The van der Waals surface area contributed by atoms with Crippen molar-refractivity contribution in [2.24, 2.45) is 0 Å². The maximum atomic E-state index is 12.7. The van der Waals surface area contributed by atoms with Gasteiger partial charge in [-0.15, -0.1) is 0 Å². The highest BCUT2D eigenvalue weighted by Crippen LogP contribution is 2.20. The van der Waals surface area contributed by atoms with Crippen molar-refractivity contribution >= 4 is 10.0 Å². The fourth-order valence-corrected chi connectivity index (χ4v) is 3.61. The zero-order chi connectivity index (χ0) is 15.9. The van der Waals surface area contributed by atoms with E-state index in [0.717, 1.165) is 31.2 Å². The van der Waals surface area contributed by atoms with Gasteiger partial charge in [0.1, 0.15) is 0 Å². The van der Waals surface area contributed by atoms with Crippen molar-refractivity contribution in [3.05, 3.63) is 29.8 Å². The molecule has 0 saturated heterocycles. The molecule has 0 bridgehead atoms. The molecule has 0 aliphatic rings. The van der Waals surface area contributed by atoms with E-state index in [1.165, 1.54) is 0 Å². The molecule has 0 fully saturated rings. The first kappa shape index (κ1) is 18.1. The molecule has 1 N–H and O–H groups in total. The first-order valence-corrected chi connectivity index (χ1v) is 9.15. The molecule has 1 atom stereocenters. The fourth-order valence-electron chi connectivity index (χ4n) is 2.09. The third-order valence-electron chi connectivity index (χ3n) is 3.52. The lowest BCUT2D eigenvalue weighted by Gasteiger charge is -2.22. The number of hydrogen-bond donors (Lipinski definition) is 1. The lowest BCUT2D eigenvalue weighted by molar-refractivity contribution is 0.199. The summed E-state index contributed by atoms with van der Waals surface area (Å²) in [6.07, 6.45) is 3.10. The minimum absolute atomic E-state index is 0.305. The first-order chi connectivity index (χ1) is 9.93. The van der Waals surface area contributed by atoms with Gasteiger partial charge in [0.2, 0.25) is 10.0 Å². The molecule has 0 aromatic heterocycles. The van der Waals surface area contributed by atoms with Crippen LogP contribution in [0.15, 0.2) is 29.2 Å². The van der Waals surface area contributed by atoms with Crippen molar-refractivity contribution in [3.8, 4) is 0 Å². The van der Waals surface area contributed by atoms with E-state index >= 15 is 0 Å². The Morgan fingerprint density at radius 2 is 1.52 bits per heavy atom. The van der Waals surface area contributed by atoms with Crippen LogP contribution in [0.25, 0.3) is 0 Å². The maximum Gasteiger partial charge on any atom is 0.243 e. The highest BCUT2D eigenvalue weighted by molar-refractivity contribution is 7.89. The van der Waals surface area contributed by atoms with Gasteiger partial charge in [0.25, 0.3) is 0 Å². The lowest BCUT2D eigenvalue weighted by Crippen LogP contribution is -2.33. The minimum atomic E-state index is -3.44. The van der Waals surface area contributed by atoms with Crippen molar-refractivity contribution < 1.29 is 13.5 Å². The molecule has 21 heavy (non-hydrogen) atoms. The van der Waals surface area contributed by atoms with Crippen LogP contribution in [-0.4, -0.2) is 30.9 Å². The smallest absolute Gasteiger partial charge is 0.243 e. The number of benzene rings is 1. The SMILES string of the molecule is CCCCN(CCCC)S(=O)(=O)c1ccc(C(C)O)cc1. The quantitative estimate of drug-likeness (QED) is 0.761. The van der Waals surface area contributed by atoms with E-state index < -0.39 is 16.1 Å². The number of nitrogens with zero attached hydrogens (tertiary/aromatic N) is 1. The topological polar surface area (TPSA) is 57.6 Å². The third-order valence-corrected chi connectivity index (χ3v) is 5.44. The highest BCUT2D eigenvalue weighted by atomic mass is 32.2. The monoisotopic (exact) mass is 313 g/mol. The average Bonchev–Trinajstić information content (AvgIpc) is 2.47. The van der Waals surface area contributed by atoms with Gasteiger partial charge < -0.3 is 5.11 Å². The molecule has 1 aromatic carbocycles. The first-order valence-electron chi connectivity index (χ1n) is 7.71. The number of aliphatic hydroxyl groups excluding tert-OH is 1. The maximum absolute atomic E-state index is 12.7. The Kier molecular flexibility index (Phi) is 7.35. The Labute approximate surface area is 128 Å². The molecular formula is C16H27NO3S. The van der Waals surface area contributed by atoms with E-state index in [2.05, 4.69) is 13.8 Å². The van der Waals surface area contributed by atoms with Crippen LogP contribution < -0.4 is 0 Å². The number of hydrogen-bond acceptors (Lipinski definition) is 3. The van der Waals surface area contributed by atoms with Crippen molar-refractivity contribution in [2.75, 3.05) is 13.1 Å². The Morgan fingerprint density at radius 1 is 1.05 bits per heavy atom. The Balaban J connectivity index is 2.97. The molecule has 0 amide bonds. The van der Waals surface area contributed by atoms with E-state index in [1.54, 1.807) is 35.5 Å². The van der Waals surface area contributed by atoms with Crippen molar-refractivity contribution in [2.45, 2.75) is 57.5 Å². The Hall–Kier alpha value is -0.910. The Morgan fingerprint density at radius 3 is 1.90 bits per heavy atom. The average molecular weight is 313 g/mol. The summed E-state index contributed by atoms with van der Waals surface area (Å²) in [5.41, 5.74) is 0.725.